The van der Waals surface area contributed by atoms with Crippen molar-refractivity contribution in [3.63, 3.8) is 0 Å². The zero-order chi connectivity index (χ0) is 13.8. The SMILES string of the molecule is COc1ccc(C)cc1CNc1ccc(Cl)c(Br)c1. The molecular weight excluding hydrogens is 326 g/mol. The van der Waals surface area contributed by atoms with E-state index in [4.69, 9.17) is 16.3 Å². The summed E-state index contributed by atoms with van der Waals surface area (Å²) in [7, 11) is 1.69. The van der Waals surface area contributed by atoms with Gasteiger partial charge in [-0.3, -0.25) is 0 Å². The predicted molar refractivity (Wildman–Crippen MR) is 84.2 cm³/mol. The van der Waals surface area contributed by atoms with E-state index >= 15 is 0 Å². The molecule has 19 heavy (non-hydrogen) atoms. The molecule has 0 saturated heterocycles. The molecule has 0 aliphatic carbocycles. The van der Waals surface area contributed by atoms with Gasteiger partial charge in [0.25, 0.3) is 0 Å². The van der Waals surface area contributed by atoms with Gasteiger partial charge >= 0.3 is 0 Å². The Bertz CT molecular complexity index is 586. The average molecular weight is 341 g/mol. The van der Waals surface area contributed by atoms with Gasteiger partial charge in [-0.1, -0.05) is 29.3 Å². The number of halogens is 2. The van der Waals surface area contributed by atoms with Crippen LogP contribution in [0.15, 0.2) is 40.9 Å². The zero-order valence-electron chi connectivity index (χ0n) is 10.8. The van der Waals surface area contributed by atoms with Crippen molar-refractivity contribution in [1.82, 2.24) is 0 Å². The summed E-state index contributed by atoms with van der Waals surface area (Å²) in [5.41, 5.74) is 3.36. The Morgan fingerprint density at radius 3 is 2.68 bits per heavy atom. The second-order valence-electron chi connectivity index (χ2n) is 4.30. The smallest absolute Gasteiger partial charge is 0.123 e. The third kappa shape index (κ3) is 3.64. The molecule has 0 heterocycles. The minimum atomic E-state index is 0.707. The van der Waals surface area contributed by atoms with Crippen molar-refractivity contribution in [2.45, 2.75) is 13.5 Å². The van der Waals surface area contributed by atoms with Crippen LogP contribution in [0.25, 0.3) is 0 Å². The third-order valence-corrected chi connectivity index (χ3v) is 4.05. The molecule has 100 valence electrons. The first-order chi connectivity index (χ1) is 9.10. The molecule has 0 unspecified atom stereocenters. The van der Waals surface area contributed by atoms with Gasteiger partial charge in [-0.15, -0.1) is 0 Å². The number of benzene rings is 2. The lowest BCUT2D eigenvalue weighted by Crippen LogP contribution is -2.02. The van der Waals surface area contributed by atoms with Crippen molar-refractivity contribution >= 4 is 33.2 Å². The van der Waals surface area contributed by atoms with E-state index in [0.717, 1.165) is 21.5 Å². The molecule has 2 aromatic carbocycles. The molecule has 0 spiro atoms. The zero-order valence-corrected chi connectivity index (χ0v) is 13.2. The number of nitrogens with one attached hydrogen (secondary N) is 1. The molecule has 2 aromatic rings. The molecule has 0 fully saturated rings. The lowest BCUT2D eigenvalue weighted by Gasteiger charge is -2.12. The standard InChI is InChI=1S/C15H15BrClNO/c1-10-3-6-15(19-2)11(7-10)9-18-12-4-5-14(17)13(16)8-12/h3-8,18H,9H2,1-2H3. The van der Waals surface area contributed by atoms with Gasteiger partial charge in [0.2, 0.25) is 0 Å². The summed E-state index contributed by atoms with van der Waals surface area (Å²) in [5.74, 6) is 0.895. The van der Waals surface area contributed by atoms with Crippen LogP contribution >= 0.6 is 27.5 Å². The van der Waals surface area contributed by atoms with Gasteiger partial charge in [0.05, 0.1) is 12.1 Å². The van der Waals surface area contributed by atoms with Crippen LogP contribution in [0.2, 0.25) is 5.02 Å². The Labute approximate surface area is 126 Å². The average Bonchev–Trinajstić information content (AvgIpc) is 2.40. The van der Waals surface area contributed by atoms with Gasteiger partial charge in [0, 0.05) is 22.3 Å². The molecule has 1 N–H and O–H groups in total. The van der Waals surface area contributed by atoms with Crippen LogP contribution in [0.4, 0.5) is 5.69 Å². The monoisotopic (exact) mass is 339 g/mol. The number of methoxy groups -OCH3 is 1. The van der Waals surface area contributed by atoms with Crippen LogP contribution in [-0.4, -0.2) is 7.11 Å². The lowest BCUT2D eigenvalue weighted by atomic mass is 10.1. The molecule has 0 amide bonds. The summed E-state index contributed by atoms with van der Waals surface area (Å²) in [4.78, 5) is 0. The summed E-state index contributed by atoms with van der Waals surface area (Å²) in [5, 5.41) is 4.07. The molecular formula is C15H15BrClNO. The van der Waals surface area contributed by atoms with E-state index in [1.54, 1.807) is 7.11 Å². The molecule has 0 aromatic heterocycles. The topological polar surface area (TPSA) is 21.3 Å². The summed E-state index contributed by atoms with van der Waals surface area (Å²) in [6, 6.07) is 11.9. The van der Waals surface area contributed by atoms with Crippen molar-refractivity contribution in [2.24, 2.45) is 0 Å². The van der Waals surface area contributed by atoms with E-state index in [9.17, 15) is 0 Å². The molecule has 0 aliphatic heterocycles. The summed E-state index contributed by atoms with van der Waals surface area (Å²) in [6.07, 6.45) is 0. The second-order valence-corrected chi connectivity index (χ2v) is 5.56. The van der Waals surface area contributed by atoms with Crippen molar-refractivity contribution < 1.29 is 4.74 Å². The van der Waals surface area contributed by atoms with Crippen LogP contribution in [-0.2, 0) is 6.54 Å². The number of ether oxygens (including phenoxy) is 1. The highest BCUT2D eigenvalue weighted by Gasteiger charge is 2.04. The fourth-order valence-electron chi connectivity index (χ4n) is 1.85. The van der Waals surface area contributed by atoms with Crippen LogP contribution in [0.3, 0.4) is 0 Å². The number of rotatable bonds is 4. The van der Waals surface area contributed by atoms with E-state index in [-0.39, 0.29) is 0 Å². The first kappa shape index (κ1) is 14.2. The highest BCUT2D eigenvalue weighted by atomic mass is 79.9. The highest BCUT2D eigenvalue weighted by molar-refractivity contribution is 9.10. The lowest BCUT2D eigenvalue weighted by molar-refractivity contribution is 0.410. The van der Waals surface area contributed by atoms with Crippen LogP contribution in [0.5, 0.6) is 5.75 Å². The van der Waals surface area contributed by atoms with E-state index in [1.165, 1.54) is 5.56 Å². The summed E-state index contributed by atoms with van der Waals surface area (Å²) >= 11 is 9.39. The third-order valence-electron chi connectivity index (χ3n) is 2.84. The quantitative estimate of drug-likeness (QED) is 0.842. The number of hydrogen-bond donors (Lipinski definition) is 1. The Morgan fingerprint density at radius 1 is 1.21 bits per heavy atom. The van der Waals surface area contributed by atoms with Crippen LogP contribution in [0.1, 0.15) is 11.1 Å². The maximum absolute atomic E-state index is 5.97. The van der Waals surface area contributed by atoms with Crippen LogP contribution in [0, 0.1) is 6.92 Å². The van der Waals surface area contributed by atoms with E-state index < -0.39 is 0 Å². The van der Waals surface area contributed by atoms with Gasteiger partial charge in [0.15, 0.2) is 0 Å². The van der Waals surface area contributed by atoms with Gasteiger partial charge in [0.1, 0.15) is 5.75 Å². The number of hydrogen-bond acceptors (Lipinski definition) is 2. The largest absolute Gasteiger partial charge is 0.496 e. The number of aryl methyl sites for hydroxylation is 1. The summed E-state index contributed by atoms with van der Waals surface area (Å²) < 4.78 is 6.25. The van der Waals surface area contributed by atoms with Crippen molar-refractivity contribution in [3.8, 4) is 5.75 Å². The molecule has 2 nitrogen and oxygen atoms in total. The van der Waals surface area contributed by atoms with Crippen molar-refractivity contribution in [1.29, 1.82) is 0 Å². The van der Waals surface area contributed by atoms with Crippen LogP contribution < -0.4 is 10.1 Å². The molecule has 2 rings (SSSR count). The van der Waals surface area contributed by atoms with E-state index in [1.807, 2.05) is 30.3 Å². The molecule has 0 atom stereocenters. The molecule has 0 aliphatic rings. The minimum absolute atomic E-state index is 0.707. The van der Waals surface area contributed by atoms with E-state index in [0.29, 0.717) is 11.6 Å². The Balaban J connectivity index is 2.13. The normalized spacial score (nSPS) is 10.3. The van der Waals surface area contributed by atoms with Gasteiger partial charge in [-0.2, -0.15) is 0 Å². The Hall–Kier alpha value is -1.19. The molecule has 0 saturated carbocycles. The fraction of sp³-hybridized carbons (Fsp3) is 0.200. The minimum Gasteiger partial charge on any atom is -0.496 e. The van der Waals surface area contributed by atoms with Crippen molar-refractivity contribution in [3.05, 3.63) is 57.0 Å². The first-order valence-electron chi connectivity index (χ1n) is 5.92. The second kappa shape index (κ2) is 6.31. The summed E-state index contributed by atoms with van der Waals surface area (Å²) in [6.45, 7) is 2.78. The maximum atomic E-state index is 5.97. The van der Waals surface area contributed by atoms with Gasteiger partial charge in [-0.25, -0.2) is 0 Å². The van der Waals surface area contributed by atoms with Gasteiger partial charge in [-0.05, 0) is 47.1 Å². The van der Waals surface area contributed by atoms with Gasteiger partial charge < -0.3 is 10.1 Å². The fourth-order valence-corrected chi connectivity index (χ4v) is 2.35. The first-order valence-corrected chi connectivity index (χ1v) is 7.09. The Morgan fingerprint density at radius 2 is 2.00 bits per heavy atom. The van der Waals surface area contributed by atoms with E-state index in [2.05, 4.69) is 34.2 Å². The molecule has 0 bridgehead atoms. The maximum Gasteiger partial charge on any atom is 0.123 e. The Kier molecular flexibility index (Phi) is 4.72. The molecule has 0 radical (unpaired) electrons. The number of anilines is 1. The highest BCUT2D eigenvalue weighted by Crippen LogP contribution is 2.26. The van der Waals surface area contributed by atoms with Crippen molar-refractivity contribution in [2.75, 3.05) is 12.4 Å². The molecule has 4 heteroatoms. The predicted octanol–water partition coefficient (Wildman–Crippen LogP) is 5.03.